The van der Waals surface area contributed by atoms with E-state index in [0.717, 1.165) is 5.56 Å². The first kappa shape index (κ1) is 18.0. The number of rotatable bonds is 7. The Morgan fingerprint density at radius 2 is 1.67 bits per heavy atom. The molecule has 0 radical (unpaired) electrons. The molecule has 0 unspecified atom stereocenters. The lowest BCUT2D eigenvalue weighted by molar-refractivity contribution is -0.142. The molecule has 0 spiro atoms. The van der Waals surface area contributed by atoms with Crippen molar-refractivity contribution in [2.24, 2.45) is 0 Å². The van der Waals surface area contributed by atoms with Gasteiger partial charge in [-0.05, 0) is 36.2 Å². The van der Waals surface area contributed by atoms with Crippen molar-refractivity contribution in [2.75, 3.05) is 14.2 Å². The van der Waals surface area contributed by atoms with Crippen LogP contribution < -0.4 is 9.46 Å². The van der Waals surface area contributed by atoms with Crippen molar-refractivity contribution in [3.05, 3.63) is 60.2 Å². The van der Waals surface area contributed by atoms with Crippen LogP contribution in [0.15, 0.2) is 59.5 Å². The highest BCUT2D eigenvalue weighted by atomic mass is 32.2. The lowest BCUT2D eigenvalue weighted by Gasteiger charge is -2.17. The SMILES string of the molecule is COC(=O)[C@@H](Cc1ccccc1)NS(=O)(=O)c1ccc(OC)cc1. The van der Waals surface area contributed by atoms with E-state index in [1.54, 1.807) is 12.1 Å². The second-order valence-corrected chi connectivity index (χ2v) is 6.78. The molecule has 0 saturated heterocycles. The molecule has 0 aliphatic heterocycles. The summed E-state index contributed by atoms with van der Waals surface area (Å²) in [4.78, 5) is 12.0. The van der Waals surface area contributed by atoms with Crippen LogP contribution in [0.5, 0.6) is 5.75 Å². The zero-order chi connectivity index (χ0) is 17.6. The molecule has 6 nitrogen and oxygen atoms in total. The van der Waals surface area contributed by atoms with Crippen molar-refractivity contribution in [3.63, 3.8) is 0 Å². The first-order valence-electron chi connectivity index (χ1n) is 7.24. The zero-order valence-corrected chi connectivity index (χ0v) is 14.2. The molecule has 0 aromatic heterocycles. The molecule has 128 valence electrons. The molecule has 2 aromatic carbocycles. The molecular formula is C17H19NO5S. The van der Waals surface area contributed by atoms with E-state index in [1.807, 2.05) is 30.3 Å². The quantitative estimate of drug-likeness (QED) is 0.770. The lowest BCUT2D eigenvalue weighted by atomic mass is 10.1. The summed E-state index contributed by atoms with van der Waals surface area (Å²) in [6.07, 6.45) is 0.197. The number of ether oxygens (including phenoxy) is 2. The third-order valence-corrected chi connectivity index (χ3v) is 4.92. The standard InChI is InChI=1S/C17H19NO5S/c1-22-14-8-10-15(11-9-14)24(20,21)18-16(17(19)23-2)12-13-6-4-3-5-7-13/h3-11,16,18H,12H2,1-2H3/t16-/m1/s1. The van der Waals surface area contributed by atoms with Crippen LogP contribution in [0.4, 0.5) is 0 Å². The highest BCUT2D eigenvalue weighted by molar-refractivity contribution is 7.89. The summed E-state index contributed by atoms with van der Waals surface area (Å²) in [7, 11) is -1.15. The van der Waals surface area contributed by atoms with Crippen LogP contribution in [0, 0.1) is 0 Å². The molecule has 0 heterocycles. The number of carbonyl (C=O) groups is 1. The Kier molecular flexibility index (Phi) is 5.94. The van der Waals surface area contributed by atoms with E-state index in [9.17, 15) is 13.2 Å². The lowest BCUT2D eigenvalue weighted by Crippen LogP contribution is -2.42. The Hall–Kier alpha value is -2.38. The average Bonchev–Trinajstić information content (AvgIpc) is 2.61. The van der Waals surface area contributed by atoms with E-state index < -0.39 is 22.0 Å². The van der Waals surface area contributed by atoms with Crippen LogP contribution in [0.1, 0.15) is 5.56 Å². The number of hydrogen-bond donors (Lipinski definition) is 1. The maximum atomic E-state index is 12.5. The molecule has 0 amide bonds. The van der Waals surface area contributed by atoms with Crippen molar-refractivity contribution < 1.29 is 22.7 Å². The van der Waals surface area contributed by atoms with Crippen LogP contribution in [-0.2, 0) is 26.0 Å². The molecule has 2 aromatic rings. The summed E-state index contributed by atoms with van der Waals surface area (Å²) in [5.74, 6) is -0.0984. The monoisotopic (exact) mass is 349 g/mol. The normalized spacial score (nSPS) is 12.4. The molecule has 2 rings (SSSR count). The summed E-state index contributed by atoms with van der Waals surface area (Å²) < 4.78 is 37.1. The largest absolute Gasteiger partial charge is 0.497 e. The average molecular weight is 349 g/mol. The van der Waals surface area contributed by atoms with E-state index in [4.69, 9.17) is 9.47 Å². The van der Waals surface area contributed by atoms with E-state index in [-0.39, 0.29) is 11.3 Å². The van der Waals surface area contributed by atoms with Gasteiger partial charge in [0.25, 0.3) is 0 Å². The Morgan fingerprint density at radius 3 is 2.21 bits per heavy atom. The van der Waals surface area contributed by atoms with Gasteiger partial charge in [-0.25, -0.2) is 8.42 Å². The molecule has 0 aliphatic rings. The van der Waals surface area contributed by atoms with Crippen molar-refractivity contribution in [3.8, 4) is 5.75 Å². The van der Waals surface area contributed by atoms with Crippen LogP contribution in [0.3, 0.4) is 0 Å². The van der Waals surface area contributed by atoms with Crippen LogP contribution in [0.25, 0.3) is 0 Å². The number of benzene rings is 2. The highest BCUT2D eigenvalue weighted by Gasteiger charge is 2.26. The molecule has 0 saturated carbocycles. The first-order valence-corrected chi connectivity index (χ1v) is 8.72. The number of carbonyl (C=O) groups excluding carboxylic acids is 1. The van der Waals surface area contributed by atoms with Crippen LogP contribution in [0.2, 0.25) is 0 Å². The Labute approximate surface area is 141 Å². The number of methoxy groups -OCH3 is 2. The second-order valence-electron chi connectivity index (χ2n) is 5.06. The van der Waals surface area contributed by atoms with E-state index in [1.165, 1.54) is 26.4 Å². The Morgan fingerprint density at radius 1 is 1.04 bits per heavy atom. The molecule has 1 N–H and O–H groups in total. The second kappa shape index (κ2) is 7.94. The van der Waals surface area contributed by atoms with Gasteiger partial charge in [-0.2, -0.15) is 4.72 Å². The Balaban J connectivity index is 2.22. The minimum absolute atomic E-state index is 0.0465. The van der Waals surface area contributed by atoms with Gasteiger partial charge in [0.1, 0.15) is 11.8 Å². The van der Waals surface area contributed by atoms with Gasteiger partial charge in [-0.15, -0.1) is 0 Å². The van der Waals surface area contributed by atoms with Crippen molar-refractivity contribution in [1.82, 2.24) is 4.72 Å². The smallest absolute Gasteiger partial charge is 0.324 e. The predicted molar refractivity (Wildman–Crippen MR) is 89.3 cm³/mol. The fraction of sp³-hybridized carbons (Fsp3) is 0.235. The van der Waals surface area contributed by atoms with Gasteiger partial charge in [0.05, 0.1) is 19.1 Å². The van der Waals surface area contributed by atoms with Gasteiger partial charge >= 0.3 is 5.97 Å². The third kappa shape index (κ3) is 4.56. The van der Waals surface area contributed by atoms with Crippen LogP contribution >= 0.6 is 0 Å². The fourth-order valence-electron chi connectivity index (χ4n) is 2.18. The Bertz CT molecular complexity index is 772. The molecule has 0 bridgehead atoms. The van der Waals surface area contributed by atoms with Gasteiger partial charge in [-0.1, -0.05) is 30.3 Å². The zero-order valence-electron chi connectivity index (χ0n) is 13.4. The van der Waals surface area contributed by atoms with Gasteiger partial charge in [0, 0.05) is 0 Å². The van der Waals surface area contributed by atoms with Gasteiger partial charge in [0.2, 0.25) is 10.0 Å². The van der Waals surface area contributed by atoms with E-state index in [2.05, 4.69) is 4.72 Å². The summed E-state index contributed by atoms with van der Waals surface area (Å²) in [6, 6.07) is 14.0. The molecule has 1 atom stereocenters. The number of sulfonamides is 1. The minimum Gasteiger partial charge on any atom is -0.497 e. The summed E-state index contributed by atoms with van der Waals surface area (Å²) in [5, 5.41) is 0. The summed E-state index contributed by atoms with van der Waals surface area (Å²) >= 11 is 0. The van der Waals surface area contributed by atoms with E-state index in [0.29, 0.717) is 5.75 Å². The number of esters is 1. The topological polar surface area (TPSA) is 81.7 Å². The van der Waals surface area contributed by atoms with Gasteiger partial charge < -0.3 is 9.47 Å². The predicted octanol–water partition coefficient (Wildman–Crippen LogP) is 1.76. The number of nitrogens with one attached hydrogen (secondary N) is 1. The minimum atomic E-state index is -3.87. The van der Waals surface area contributed by atoms with E-state index >= 15 is 0 Å². The first-order chi connectivity index (χ1) is 11.5. The van der Waals surface area contributed by atoms with Crippen molar-refractivity contribution in [2.45, 2.75) is 17.4 Å². The molecular weight excluding hydrogens is 330 g/mol. The van der Waals surface area contributed by atoms with Crippen molar-refractivity contribution in [1.29, 1.82) is 0 Å². The maximum absolute atomic E-state index is 12.5. The highest BCUT2D eigenvalue weighted by Crippen LogP contribution is 2.16. The maximum Gasteiger partial charge on any atom is 0.324 e. The van der Waals surface area contributed by atoms with Crippen molar-refractivity contribution >= 4 is 16.0 Å². The summed E-state index contributed by atoms with van der Waals surface area (Å²) in [6.45, 7) is 0. The van der Waals surface area contributed by atoms with Gasteiger partial charge in [-0.3, -0.25) is 4.79 Å². The molecule has 7 heteroatoms. The summed E-state index contributed by atoms with van der Waals surface area (Å²) in [5.41, 5.74) is 0.824. The molecule has 0 aliphatic carbocycles. The fourth-order valence-corrected chi connectivity index (χ4v) is 3.36. The molecule has 24 heavy (non-hydrogen) atoms. The number of hydrogen-bond acceptors (Lipinski definition) is 5. The molecule has 0 fully saturated rings. The van der Waals surface area contributed by atoms with Gasteiger partial charge in [0.15, 0.2) is 0 Å². The third-order valence-electron chi connectivity index (χ3n) is 3.44. The van der Waals surface area contributed by atoms with Crippen LogP contribution in [-0.4, -0.2) is 34.6 Å².